The van der Waals surface area contributed by atoms with Gasteiger partial charge in [-0.3, -0.25) is 0 Å². The van der Waals surface area contributed by atoms with Crippen molar-refractivity contribution >= 4 is 33.2 Å². The van der Waals surface area contributed by atoms with Crippen LogP contribution in [0.3, 0.4) is 0 Å². The van der Waals surface area contributed by atoms with Crippen molar-refractivity contribution in [2.75, 3.05) is 39.6 Å². The Hall–Kier alpha value is -1.54. The highest BCUT2D eigenvalue weighted by molar-refractivity contribution is 7.99. The van der Waals surface area contributed by atoms with Crippen molar-refractivity contribution in [2.24, 2.45) is 0 Å². The number of rotatable bonds is 5. The number of hydrogen-bond donors (Lipinski definition) is 0. The molecule has 0 aromatic heterocycles. The lowest BCUT2D eigenvalue weighted by atomic mass is 10.2. The summed E-state index contributed by atoms with van der Waals surface area (Å²) in [4.78, 5) is 7.00. The van der Waals surface area contributed by atoms with Crippen LogP contribution >= 0.6 is 11.8 Å². The van der Waals surface area contributed by atoms with Gasteiger partial charge in [-0.2, -0.15) is 0 Å². The smallest absolute Gasteiger partial charge is 0.242 e. The van der Waals surface area contributed by atoms with E-state index in [4.69, 9.17) is 0 Å². The third-order valence-corrected chi connectivity index (χ3v) is 7.65. The van der Waals surface area contributed by atoms with E-state index in [1.807, 2.05) is 18.2 Å². The molecule has 0 spiro atoms. The Balaban J connectivity index is 2.12. The van der Waals surface area contributed by atoms with E-state index in [9.17, 15) is 8.42 Å². The summed E-state index contributed by atoms with van der Waals surface area (Å²) in [6.45, 7) is 2.95. The normalized spacial score (nSPS) is 15.1. The maximum atomic E-state index is 12.6. The Kier molecular flexibility index (Phi) is 5.35. The van der Waals surface area contributed by atoms with Crippen molar-refractivity contribution < 1.29 is 8.42 Å². The second-order valence-electron chi connectivity index (χ2n) is 6.91. The molecular formula is C19H25N3O2S2. The molecule has 5 nitrogen and oxygen atoms in total. The molecule has 2 aromatic rings. The zero-order valence-corrected chi connectivity index (χ0v) is 17.4. The fourth-order valence-electron chi connectivity index (χ4n) is 2.80. The molecule has 1 aliphatic heterocycles. The van der Waals surface area contributed by atoms with Crippen molar-refractivity contribution in [3.63, 3.8) is 0 Å². The van der Waals surface area contributed by atoms with Gasteiger partial charge in [0.1, 0.15) is 0 Å². The highest BCUT2D eigenvalue weighted by Gasteiger charge is 2.27. The number of anilines is 2. The molecule has 0 saturated heterocycles. The second-order valence-corrected chi connectivity index (χ2v) is 10.1. The van der Waals surface area contributed by atoms with Crippen molar-refractivity contribution in [3.8, 4) is 0 Å². The molecule has 0 unspecified atom stereocenters. The first-order valence-corrected chi connectivity index (χ1v) is 10.7. The van der Waals surface area contributed by atoms with E-state index in [0.717, 1.165) is 22.8 Å². The van der Waals surface area contributed by atoms with Crippen molar-refractivity contribution in [1.82, 2.24) is 9.21 Å². The lowest BCUT2D eigenvalue weighted by molar-refractivity contribution is 0.319. The third kappa shape index (κ3) is 3.49. The summed E-state index contributed by atoms with van der Waals surface area (Å²) in [5, 5.41) is 0. The topological polar surface area (TPSA) is 43.9 Å². The van der Waals surface area contributed by atoms with Crippen molar-refractivity contribution in [1.29, 1.82) is 0 Å². The molecule has 140 valence electrons. The van der Waals surface area contributed by atoms with Gasteiger partial charge in [-0.25, -0.2) is 12.7 Å². The van der Waals surface area contributed by atoms with E-state index in [2.05, 4.69) is 43.0 Å². The van der Waals surface area contributed by atoms with Crippen LogP contribution in [0.1, 0.15) is 6.92 Å². The average Bonchev–Trinajstić information content (AvgIpc) is 2.60. The number of likely N-dealkylation sites (N-methyl/N-ethyl adjacent to an activating group) is 1. The zero-order valence-electron chi connectivity index (χ0n) is 15.8. The highest BCUT2D eigenvalue weighted by Crippen LogP contribution is 2.48. The highest BCUT2D eigenvalue weighted by atomic mass is 32.2. The number of hydrogen-bond acceptors (Lipinski definition) is 5. The fraction of sp³-hybridized carbons (Fsp3) is 0.368. The number of sulfonamides is 1. The minimum absolute atomic E-state index is 0.313. The quantitative estimate of drug-likeness (QED) is 0.781. The fourth-order valence-corrected chi connectivity index (χ4v) is 4.80. The van der Waals surface area contributed by atoms with Gasteiger partial charge in [0.15, 0.2) is 0 Å². The van der Waals surface area contributed by atoms with Crippen LogP contribution in [0.25, 0.3) is 0 Å². The molecule has 26 heavy (non-hydrogen) atoms. The van der Waals surface area contributed by atoms with Gasteiger partial charge in [0, 0.05) is 36.5 Å². The molecule has 0 N–H and O–H groups in total. The van der Waals surface area contributed by atoms with Crippen LogP contribution in [0.4, 0.5) is 11.4 Å². The molecule has 0 bridgehead atoms. The lowest BCUT2D eigenvalue weighted by Gasteiger charge is -2.36. The maximum Gasteiger partial charge on any atom is 0.242 e. The van der Waals surface area contributed by atoms with Crippen LogP contribution in [0.15, 0.2) is 57.2 Å². The van der Waals surface area contributed by atoms with Gasteiger partial charge >= 0.3 is 0 Å². The second kappa shape index (κ2) is 7.23. The zero-order chi connectivity index (χ0) is 19.1. The van der Waals surface area contributed by atoms with E-state index in [0.29, 0.717) is 10.9 Å². The van der Waals surface area contributed by atoms with Gasteiger partial charge in [0.2, 0.25) is 10.0 Å². The molecule has 7 heteroatoms. The minimum Gasteiger partial charge on any atom is -0.338 e. The molecule has 1 atom stereocenters. The van der Waals surface area contributed by atoms with Crippen LogP contribution in [-0.2, 0) is 10.0 Å². The van der Waals surface area contributed by atoms with Gasteiger partial charge < -0.3 is 9.80 Å². The minimum atomic E-state index is -3.47. The average molecular weight is 392 g/mol. The molecule has 1 heterocycles. The van der Waals surface area contributed by atoms with Gasteiger partial charge in [-0.1, -0.05) is 23.9 Å². The SMILES string of the molecule is C[C@@H](CN1c2ccccc2Sc2ccc(S(=O)(=O)N(C)C)cc21)N(C)C. The Bertz CT molecular complexity index is 911. The number of nitrogens with zero attached hydrogens (tertiary/aromatic N) is 3. The van der Waals surface area contributed by atoms with Crippen LogP contribution in [0, 0.1) is 0 Å². The molecule has 3 rings (SSSR count). The summed E-state index contributed by atoms with van der Waals surface area (Å²) in [5.41, 5.74) is 2.07. The number of benzene rings is 2. The molecule has 0 aliphatic carbocycles. The van der Waals surface area contributed by atoms with E-state index in [1.54, 1.807) is 38.0 Å². The monoisotopic (exact) mass is 391 g/mol. The van der Waals surface area contributed by atoms with Crippen LogP contribution in [0.2, 0.25) is 0 Å². The van der Waals surface area contributed by atoms with Crippen LogP contribution in [0.5, 0.6) is 0 Å². The number of fused-ring (bicyclic) bond motifs is 2. The Morgan fingerprint density at radius 3 is 2.31 bits per heavy atom. The van der Waals surface area contributed by atoms with E-state index in [-0.39, 0.29) is 0 Å². The first-order chi connectivity index (χ1) is 12.2. The van der Waals surface area contributed by atoms with Gasteiger partial charge in [0.05, 0.1) is 16.3 Å². The summed E-state index contributed by atoms with van der Waals surface area (Å²) in [7, 11) is 3.77. The Morgan fingerprint density at radius 2 is 1.65 bits per heavy atom. The van der Waals surface area contributed by atoms with Gasteiger partial charge in [0.25, 0.3) is 0 Å². The lowest BCUT2D eigenvalue weighted by Crippen LogP contribution is -2.37. The number of para-hydroxylation sites is 1. The molecular weight excluding hydrogens is 366 g/mol. The molecule has 0 radical (unpaired) electrons. The summed E-state index contributed by atoms with van der Waals surface area (Å²) in [5.74, 6) is 0. The summed E-state index contributed by atoms with van der Waals surface area (Å²) in [6.07, 6.45) is 0. The van der Waals surface area contributed by atoms with Crippen molar-refractivity contribution in [2.45, 2.75) is 27.7 Å². The van der Waals surface area contributed by atoms with E-state index in [1.165, 1.54) is 9.20 Å². The first kappa shape index (κ1) is 19.2. The van der Waals surface area contributed by atoms with Gasteiger partial charge in [-0.15, -0.1) is 0 Å². The Morgan fingerprint density at radius 1 is 1.00 bits per heavy atom. The maximum absolute atomic E-state index is 12.6. The predicted molar refractivity (Wildman–Crippen MR) is 108 cm³/mol. The largest absolute Gasteiger partial charge is 0.338 e. The molecule has 0 saturated carbocycles. The van der Waals surface area contributed by atoms with Crippen molar-refractivity contribution in [3.05, 3.63) is 42.5 Å². The summed E-state index contributed by atoms with van der Waals surface area (Å²) < 4.78 is 26.4. The summed E-state index contributed by atoms with van der Waals surface area (Å²) in [6, 6.07) is 14.0. The van der Waals surface area contributed by atoms with Gasteiger partial charge in [-0.05, 0) is 51.4 Å². The first-order valence-electron chi connectivity index (χ1n) is 8.49. The van der Waals surface area contributed by atoms with Crippen LogP contribution < -0.4 is 4.90 Å². The molecule has 0 amide bonds. The predicted octanol–water partition coefficient (Wildman–Crippen LogP) is 3.49. The van der Waals surface area contributed by atoms with E-state index >= 15 is 0 Å². The summed E-state index contributed by atoms with van der Waals surface area (Å²) >= 11 is 1.69. The molecule has 0 fully saturated rings. The third-order valence-electron chi connectivity index (χ3n) is 4.70. The van der Waals surface area contributed by atoms with Crippen LogP contribution in [-0.4, -0.2) is 58.4 Å². The van der Waals surface area contributed by atoms with E-state index < -0.39 is 10.0 Å². The Labute approximate surface area is 160 Å². The molecule has 2 aromatic carbocycles. The molecule has 1 aliphatic rings. The standard InChI is InChI=1S/C19H25N3O2S2/c1-14(20(2)3)13-22-16-8-6-7-9-18(16)25-19-11-10-15(12-17(19)22)26(23,24)21(4)5/h6-12,14H,13H2,1-5H3/t14-/m0/s1.